The Labute approximate surface area is 128 Å². The number of fused-ring (bicyclic) bond motifs is 1. The third-order valence-electron chi connectivity index (χ3n) is 3.33. The molecule has 0 saturated carbocycles. The maximum atomic E-state index is 10.8. The topological polar surface area (TPSA) is 74.6 Å². The van der Waals surface area contributed by atoms with Crippen molar-refractivity contribution in [3.8, 4) is 0 Å². The molecule has 0 fully saturated rings. The molecule has 4 heteroatoms. The zero-order valence-electron chi connectivity index (χ0n) is 12.3. The first-order valence-corrected chi connectivity index (χ1v) is 6.74. The Morgan fingerprint density at radius 3 is 1.45 bits per heavy atom. The van der Waals surface area contributed by atoms with Gasteiger partial charge in [0.2, 0.25) is 0 Å². The lowest BCUT2D eigenvalue weighted by atomic mass is 10.0. The molecule has 2 aromatic carbocycles. The Hall–Kier alpha value is -2.88. The van der Waals surface area contributed by atoms with E-state index in [1.807, 2.05) is 36.4 Å². The predicted octanol–water partition coefficient (Wildman–Crippen LogP) is 3.82. The molecule has 4 nitrogen and oxygen atoms in total. The van der Waals surface area contributed by atoms with Crippen LogP contribution in [0.5, 0.6) is 0 Å². The first-order valence-electron chi connectivity index (χ1n) is 6.74. The van der Waals surface area contributed by atoms with Crippen LogP contribution in [0.1, 0.15) is 25.0 Å². The van der Waals surface area contributed by atoms with Crippen molar-refractivity contribution in [2.24, 2.45) is 0 Å². The third-order valence-corrected chi connectivity index (χ3v) is 3.33. The number of aliphatic carboxylic acids is 2. The van der Waals surface area contributed by atoms with Crippen LogP contribution in [-0.4, -0.2) is 22.2 Å². The van der Waals surface area contributed by atoms with Crippen molar-refractivity contribution in [2.75, 3.05) is 0 Å². The monoisotopic (exact) mass is 296 g/mol. The number of hydrogen-bond donors (Lipinski definition) is 2. The highest BCUT2D eigenvalue weighted by Crippen LogP contribution is 2.21. The lowest BCUT2D eigenvalue weighted by Gasteiger charge is -2.03. The molecular formula is C18H16O4. The van der Waals surface area contributed by atoms with Gasteiger partial charge in [-0.25, -0.2) is 9.59 Å². The molecule has 0 unspecified atom stereocenters. The molecule has 0 atom stereocenters. The first kappa shape index (κ1) is 15.5. The predicted molar refractivity (Wildman–Crippen MR) is 86.5 cm³/mol. The van der Waals surface area contributed by atoms with Crippen LogP contribution in [-0.2, 0) is 9.59 Å². The molecule has 0 radical (unpaired) electrons. The summed E-state index contributed by atoms with van der Waals surface area (Å²) in [6, 6.07) is 11.3. The Morgan fingerprint density at radius 2 is 1.14 bits per heavy atom. The quantitative estimate of drug-likeness (QED) is 0.841. The van der Waals surface area contributed by atoms with E-state index in [1.165, 1.54) is 0 Å². The van der Waals surface area contributed by atoms with Gasteiger partial charge in [-0.2, -0.15) is 0 Å². The summed E-state index contributed by atoms with van der Waals surface area (Å²) in [7, 11) is 0. The molecule has 0 heterocycles. The van der Waals surface area contributed by atoms with Gasteiger partial charge in [-0.05, 0) is 60.0 Å². The largest absolute Gasteiger partial charge is 0.478 e. The summed E-state index contributed by atoms with van der Waals surface area (Å²) < 4.78 is 0. The van der Waals surface area contributed by atoms with E-state index in [-0.39, 0.29) is 11.1 Å². The van der Waals surface area contributed by atoms with Crippen molar-refractivity contribution >= 4 is 34.9 Å². The number of carbonyl (C=O) groups is 2. The minimum absolute atomic E-state index is 0.274. The Balaban J connectivity index is 2.41. The highest BCUT2D eigenvalue weighted by molar-refractivity contribution is 5.94. The number of hydrogen-bond acceptors (Lipinski definition) is 2. The second-order valence-corrected chi connectivity index (χ2v) is 5.13. The van der Waals surface area contributed by atoms with Gasteiger partial charge in [-0.15, -0.1) is 0 Å². The summed E-state index contributed by atoms with van der Waals surface area (Å²) in [4.78, 5) is 21.7. The van der Waals surface area contributed by atoms with Gasteiger partial charge in [0, 0.05) is 11.1 Å². The third kappa shape index (κ3) is 3.61. The van der Waals surface area contributed by atoms with Crippen molar-refractivity contribution in [1.29, 1.82) is 0 Å². The summed E-state index contributed by atoms with van der Waals surface area (Å²) in [6.45, 7) is 3.10. The molecule has 112 valence electrons. The summed E-state index contributed by atoms with van der Waals surface area (Å²) in [6.07, 6.45) is 3.23. The van der Waals surface area contributed by atoms with Gasteiger partial charge in [0.25, 0.3) is 0 Å². The SMILES string of the molecule is C/C(=C\c1ccc2cc(/C=C(\C)C(=O)O)ccc2c1)C(=O)O. The molecule has 2 rings (SSSR count). The number of benzene rings is 2. The second kappa shape index (κ2) is 6.26. The first-order chi connectivity index (χ1) is 10.4. The fourth-order valence-corrected chi connectivity index (χ4v) is 2.09. The molecular weight excluding hydrogens is 280 g/mol. The van der Waals surface area contributed by atoms with Gasteiger partial charge in [0.05, 0.1) is 0 Å². The fourth-order valence-electron chi connectivity index (χ4n) is 2.09. The number of carboxylic acid groups (broad SMARTS) is 2. The van der Waals surface area contributed by atoms with Crippen molar-refractivity contribution in [3.63, 3.8) is 0 Å². The minimum Gasteiger partial charge on any atom is -0.478 e. The van der Waals surface area contributed by atoms with E-state index < -0.39 is 11.9 Å². The summed E-state index contributed by atoms with van der Waals surface area (Å²) >= 11 is 0. The van der Waals surface area contributed by atoms with Gasteiger partial charge < -0.3 is 10.2 Å². The van der Waals surface area contributed by atoms with Gasteiger partial charge in [-0.1, -0.05) is 24.3 Å². The normalized spacial score (nSPS) is 12.5. The van der Waals surface area contributed by atoms with Crippen LogP contribution in [0.25, 0.3) is 22.9 Å². The molecule has 2 aromatic rings. The highest BCUT2D eigenvalue weighted by Gasteiger charge is 2.03. The molecule has 2 N–H and O–H groups in total. The number of rotatable bonds is 4. The van der Waals surface area contributed by atoms with Crippen molar-refractivity contribution in [2.45, 2.75) is 13.8 Å². The maximum Gasteiger partial charge on any atom is 0.331 e. The summed E-state index contributed by atoms with van der Waals surface area (Å²) in [5.74, 6) is -1.88. The van der Waals surface area contributed by atoms with E-state index in [2.05, 4.69) is 0 Å². The molecule has 22 heavy (non-hydrogen) atoms. The average molecular weight is 296 g/mol. The van der Waals surface area contributed by atoms with E-state index in [1.54, 1.807) is 26.0 Å². The fraction of sp³-hybridized carbons (Fsp3) is 0.111. The zero-order chi connectivity index (χ0) is 16.3. The summed E-state index contributed by atoms with van der Waals surface area (Å²) in [5, 5.41) is 19.7. The van der Waals surface area contributed by atoms with E-state index in [9.17, 15) is 9.59 Å². The van der Waals surface area contributed by atoms with Gasteiger partial charge in [0.15, 0.2) is 0 Å². The molecule has 0 amide bonds. The lowest BCUT2D eigenvalue weighted by Crippen LogP contribution is -1.95. The zero-order valence-corrected chi connectivity index (χ0v) is 12.3. The molecule has 0 saturated heterocycles. The van der Waals surface area contributed by atoms with Crippen molar-refractivity contribution < 1.29 is 19.8 Å². The van der Waals surface area contributed by atoms with E-state index >= 15 is 0 Å². The Kier molecular flexibility index (Phi) is 4.41. The second-order valence-electron chi connectivity index (χ2n) is 5.13. The lowest BCUT2D eigenvalue weighted by molar-refractivity contribution is -0.133. The van der Waals surface area contributed by atoms with Crippen LogP contribution in [0.3, 0.4) is 0 Å². The molecule has 0 aliphatic carbocycles. The van der Waals surface area contributed by atoms with E-state index in [0.717, 1.165) is 21.9 Å². The van der Waals surface area contributed by atoms with Crippen LogP contribution in [0, 0.1) is 0 Å². The standard InChI is InChI=1S/C18H16O4/c1-11(17(19)20)7-13-3-5-16-10-14(4-6-15(16)9-13)8-12(2)18(21)22/h3-10H,1-2H3,(H,19,20)(H,21,22)/b11-7+,12-8+. The van der Waals surface area contributed by atoms with Gasteiger partial charge in [0.1, 0.15) is 0 Å². The molecule has 0 aliphatic heterocycles. The van der Waals surface area contributed by atoms with Gasteiger partial charge in [-0.3, -0.25) is 0 Å². The van der Waals surface area contributed by atoms with Crippen molar-refractivity contribution in [1.82, 2.24) is 0 Å². The molecule has 0 aromatic heterocycles. The smallest absolute Gasteiger partial charge is 0.331 e. The highest BCUT2D eigenvalue weighted by atomic mass is 16.4. The van der Waals surface area contributed by atoms with E-state index in [4.69, 9.17) is 10.2 Å². The minimum atomic E-state index is -0.940. The molecule has 0 aliphatic rings. The van der Waals surface area contributed by atoms with Crippen LogP contribution in [0.4, 0.5) is 0 Å². The summed E-state index contributed by atoms with van der Waals surface area (Å²) in [5.41, 5.74) is 2.18. The molecule has 0 bridgehead atoms. The average Bonchev–Trinajstić information content (AvgIpc) is 2.47. The van der Waals surface area contributed by atoms with Crippen LogP contribution >= 0.6 is 0 Å². The van der Waals surface area contributed by atoms with Crippen LogP contribution < -0.4 is 0 Å². The Morgan fingerprint density at radius 1 is 0.773 bits per heavy atom. The Bertz CT molecular complexity index is 744. The van der Waals surface area contributed by atoms with E-state index in [0.29, 0.717) is 0 Å². The number of carboxylic acids is 2. The van der Waals surface area contributed by atoms with Crippen LogP contribution in [0.2, 0.25) is 0 Å². The molecule has 0 spiro atoms. The van der Waals surface area contributed by atoms with Gasteiger partial charge >= 0.3 is 11.9 Å². The maximum absolute atomic E-state index is 10.8. The van der Waals surface area contributed by atoms with Crippen LogP contribution in [0.15, 0.2) is 47.5 Å². The van der Waals surface area contributed by atoms with Crippen molar-refractivity contribution in [3.05, 3.63) is 58.7 Å².